The maximum atomic E-state index is 11.4. The van der Waals surface area contributed by atoms with Crippen LogP contribution in [-0.4, -0.2) is 32.5 Å². The van der Waals surface area contributed by atoms with Crippen molar-refractivity contribution in [2.75, 3.05) is 20.3 Å². The van der Waals surface area contributed by atoms with Gasteiger partial charge in [-0.25, -0.2) is 4.79 Å². The van der Waals surface area contributed by atoms with Crippen molar-refractivity contribution in [2.24, 2.45) is 5.10 Å². The number of carbonyl (C=O) groups excluding carboxylic acids is 1. The van der Waals surface area contributed by atoms with Gasteiger partial charge in [-0.2, -0.15) is 5.10 Å². The Morgan fingerprint density at radius 3 is 2.63 bits per heavy atom. The smallest absolute Gasteiger partial charge is 0.344 e. The van der Waals surface area contributed by atoms with E-state index in [9.17, 15) is 4.79 Å². The molecule has 6 nitrogen and oxygen atoms in total. The largest absolute Gasteiger partial charge is 0.493 e. The van der Waals surface area contributed by atoms with Crippen molar-refractivity contribution in [3.8, 4) is 11.5 Å². The van der Waals surface area contributed by atoms with Crippen LogP contribution in [0.5, 0.6) is 11.5 Å². The molecule has 27 heavy (non-hydrogen) atoms. The number of ether oxygens (including phenoxy) is 3. The van der Waals surface area contributed by atoms with Crippen molar-refractivity contribution in [3.63, 3.8) is 0 Å². The zero-order valence-electron chi connectivity index (χ0n) is 15.0. The van der Waals surface area contributed by atoms with Gasteiger partial charge in [0.1, 0.15) is 0 Å². The van der Waals surface area contributed by atoms with Gasteiger partial charge in [-0.3, -0.25) is 0 Å². The number of methoxy groups -OCH3 is 1. The molecule has 0 aliphatic heterocycles. The minimum atomic E-state index is -0.479. The lowest BCUT2D eigenvalue weighted by molar-refractivity contribution is -0.145. The topological polar surface area (TPSA) is 69.2 Å². The van der Waals surface area contributed by atoms with Gasteiger partial charge in [0, 0.05) is 5.02 Å². The van der Waals surface area contributed by atoms with Gasteiger partial charge in [0.15, 0.2) is 18.1 Å². The van der Waals surface area contributed by atoms with Crippen molar-refractivity contribution < 1.29 is 19.0 Å². The normalized spacial score (nSPS) is 10.7. The number of halogens is 2. The summed E-state index contributed by atoms with van der Waals surface area (Å²) in [7, 11) is 1.49. The first-order chi connectivity index (χ1) is 13.0. The van der Waals surface area contributed by atoms with Crippen molar-refractivity contribution in [2.45, 2.75) is 13.5 Å². The molecule has 144 valence electrons. The van der Waals surface area contributed by atoms with Crippen molar-refractivity contribution in [1.82, 2.24) is 5.43 Å². The molecule has 0 unspecified atom stereocenters. The number of nitrogens with zero attached hydrogens (tertiary/aromatic N) is 1. The molecule has 0 saturated carbocycles. The number of hydrogen-bond donors (Lipinski definition) is 1. The highest BCUT2D eigenvalue weighted by molar-refractivity contribution is 6.32. The van der Waals surface area contributed by atoms with Crippen molar-refractivity contribution in [3.05, 3.63) is 57.6 Å². The van der Waals surface area contributed by atoms with E-state index < -0.39 is 5.97 Å². The molecule has 0 aliphatic carbocycles. The van der Waals surface area contributed by atoms with Crippen LogP contribution in [0.25, 0.3) is 0 Å². The molecule has 0 spiro atoms. The Labute approximate surface area is 168 Å². The van der Waals surface area contributed by atoms with Crippen LogP contribution in [-0.2, 0) is 16.1 Å². The van der Waals surface area contributed by atoms with Crippen LogP contribution in [0.4, 0.5) is 0 Å². The van der Waals surface area contributed by atoms with Crippen LogP contribution in [0.1, 0.15) is 18.1 Å². The number of rotatable bonds is 9. The molecule has 0 fully saturated rings. The number of hydrogen-bond acceptors (Lipinski definition) is 6. The lowest BCUT2D eigenvalue weighted by Crippen LogP contribution is -2.15. The highest BCUT2D eigenvalue weighted by Gasteiger charge is 2.13. The summed E-state index contributed by atoms with van der Waals surface area (Å²) < 4.78 is 15.5. The predicted octanol–water partition coefficient (Wildman–Crippen LogP) is 4.07. The second-order valence-electron chi connectivity index (χ2n) is 5.35. The van der Waals surface area contributed by atoms with E-state index >= 15 is 0 Å². The van der Waals surface area contributed by atoms with E-state index in [1.807, 2.05) is 24.3 Å². The molecule has 0 atom stereocenters. The first-order valence-electron chi connectivity index (χ1n) is 8.19. The second-order valence-corrected chi connectivity index (χ2v) is 6.19. The summed E-state index contributed by atoms with van der Waals surface area (Å²) in [4.78, 5) is 11.4. The maximum absolute atomic E-state index is 11.4. The molecule has 2 rings (SSSR count). The minimum Gasteiger partial charge on any atom is -0.493 e. The summed E-state index contributed by atoms with van der Waals surface area (Å²) in [5.41, 5.74) is 4.71. The number of nitrogens with one attached hydrogen (secondary N) is 1. The lowest BCUT2D eigenvalue weighted by Gasteiger charge is -2.12. The minimum absolute atomic E-state index is 0.250. The summed E-state index contributed by atoms with van der Waals surface area (Å²) >= 11 is 12.1. The third-order valence-electron chi connectivity index (χ3n) is 3.39. The molecular weight excluding hydrogens is 391 g/mol. The molecule has 0 heterocycles. The number of esters is 1. The Morgan fingerprint density at radius 2 is 1.96 bits per heavy atom. The zero-order chi connectivity index (χ0) is 19.6. The Hall–Kier alpha value is -2.44. The van der Waals surface area contributed by atoms with Crippen molar-refractivity contribution >= 4 is 35.4 Å². The van der Waals surface area contributed by atoms with Gasteiger partial charge in [0.2, 0.25) is 0 Å². The molecule has 8 heteroatoms. The standard InChI is InChI=1S/C19H20Cl2N2O4/c1-3-26-18(24)12-27-19-16(21)8-14(9-17(19)25-2)11-23-22-10-13-4-6-15(20)7-5-13/h4-9,11,22H,3,10,12H2,1-2H3/b23-11-. The van der Waals surface area contributed by atoms with E-state index in [1.165, 1.54) is 7.11 Å². The molecule has 0 amide bonds. The van der Waals surface area contributed by atoms with Crippen LogP contribution in [0.15, 0.2) is 41.5 Å². The highest BCUT2D eigenvalue weighted by atomic mass is 35.5. The van der Waals surface area contributed by atoms with Crippen LogP contribution >= 0.6 is 23.2 Å². The van der Waals surface area contributed by atoms with Gasteiger partial charge in [0.25, 0.3) is 0 Å². The van der Waals surface area contributed by atoms with Gasteiger partial charge < -0.3 is 19.6 Å². The fraction of sp³-hybridized carbons (Fsp3) is 0.263. The van der Waals surface area contributed by atoms with Crippen LogP contribution in [0.3, 0.4) is 0 Å². The monoisotopic (exact) mass is 410 g/mol. The molecule has 0 saturated heterocycles. The van der Waals surface area contributed by atoms with Gasteiger partial charge in [-0.1, -0.05) is 35.3 Å². The number of carbonyl (C=O) groups is 1. The summed E-state index contributed by atoms with van der Waals surface area (Å²) in [6.07, 6.45) is 1.61. The average Bonchev–Trinajstić information content (AvgIpc) is 2.65. The Balaban J connectivity index is 1.99. The van der Waals surface area contributed by atoms with E-state index in [2.05, 4.69) is 10.5 Å². The van der Waals surface area contributed by atoms with E-state index in [1.54, 1.807) is 25.3 Å². The summed E-state index contributed by atoms with van der Waals surface area (Å²) in [6, 6.07) is 10.8. The Morgan fingerprint density at radius 1 is 1.22 bits per heavy atom. The molecule has 0 aromatic heterocycles. The van der Waals surface area contributed by atoms with Crippen LogP contribution < -0.4 is 14.9 Å². The molecule has 1 N–H and O–H groups in total. The van der Waals surface area contributed by atoms with E-state index in [0.29, 0.717) is 27.9 Å². The molecular formula is C19H20Cl2N2O4. The van der Waals surface area contributed by atoms with Gasteiger partial charge >= 0.3 is 5.97 Å². The second kappa shape index (κ2) is 10.6. The van der Waals surface area contributed by atoms with E-state index in [0.717, 1.165) is 5.56 Å². The first-order valence-corrected chi connectivity index (χ1v) is 8.95. The highest BCUT2D eigenvalue weighted by Crippen LogP contribution is 2.36. The molecule has 0 radical (unpaired) electrons. The van der Waals surface area contributed by atoms with Crippen LogP contribution in [0.2, 0.25) is 10.0 Å². The summed E-state index contributed by atoms with van der Waals surface area (Å²) in [5.74, 6) is 0.192. The van der Waals surface area contributed by atoms with Crippen LogP contribution in [0, 0.1) is 0 Å². The molecule has 0 aliphatic rings. The number of hydrazone groups is 1. The van der Waals surface area contributed by atoms with Gasteiger partial charge in [0.05, 0.1) is 31.5 Å². The summed E-state index contributed by atoms with van der Waals surface area (Å²) in [6.45, 7) is 2.31. The average molecular weight is 411 g/mol. The lowest BCUT2D eigenvalue weighted by atomic mass is 10.2. The third kappa shape index (κ3) is 6.66. The first kappa shape index (κ1) is 20.9. The predicted molar refractivity (Wildman–Crippen MR) is 106 cm³/mol. The quantitative estimate of drug-likeness (QED) is 0.383. The molecule has 2 aromatic carbocycles. The van der Waals surface area contributed by atoms with Gasteiger partial charge in [-0.15, -0.1) is 0 Å². The molecule has 2 aromatic rings. The fourth-order valence-corrected chi connectivity index (χ4v) is 2.55. The Bertz CT molecular complexity index is 795. The van der Waals surface area contributed by atoms with E-state index in [-0.39, 0.29) is 19.0 Å². The Kier molecular flexibility index (Phi) is 8.23. The van der Waals surface area contributed by atoms with E-state index in [4.69, 9.17) is 37.4 Å². The zero-order valence-corrected chi connectivity index (χ0v) is 16.5. The third-order valence-corrected chi connectivity index (χ3v) is 3.93. The maximum Gasteiger partial charge on any atom is 0.344 e. The summed E-state index contributed by atoms with van der Waals surface area (Å²) in [5, 5.41) is 5.16. The molecule has 0 bridgehead atoms. The van der Waals surface area contributed by atoms with Crippen molar-refractivity contribution in [1.29, 1.82) is 0 Å². The fourth-order valence-electron chi connectivity index (χ4n) is 2.15. The SMILES string of the molecule is CCOC(=O)COc1c(Cl)cc(/C=N\NCc2ccc(Cl)cc2)cc1OC. The number of benzene rings is 2. The van der Waals surface area contributed by atoms with Gasteiger partial charge in [-0.05, 0) is 42.3 Å².